The van der Waals surface area contributed by atoms with E-state index in [4.69, 9.17) is 9.97 Å². The molecule has 0 saturated heterocycles. The van der Waals surface area contributed by atoms with Crippen molar-refractivity contribution in [1.82, 2.24) is 9.97 Å². The van der Waals surface area contributed by atoms with Crippen LogP contribution in [-0.4, -0.2) is 17.0 Å². The monoisotopic (exact) mass is 387 g/mol. The summed E-state index contributed by atoms with van der Waals surface area (Å²) in [5.74, 6) is 3.98. The van der Waals surface area contributed by atoms with E-state index in [1.165, 1.54) is 41.4 Å². The molecule has 112 valence electrons. The van der Waals surface area contributed by atoms with Crippen molar-refractivity contribution in [2.45, 2.75) is 64.7 Å². The van der Waals surface area contributed by atoms with Gasteiger partial charge in [0.25, 0.3) is 0 Å². The third-order valence-corrected chi connectivity index (χ3v) is 5.53. The highest BCUT2D eigenvalue weighted by molar-refractivity contribution is 14.1. The molecule has 0 spiro atoms. The van der Waals surface area contributed by atoms with Gasteiger partial charge in [0.05, 0.1) is 9.26 Å². The number of nitrogens with one attached hydrogen (secondary N) is 1. The number of rotatable bonds is 4. The lowest BCUT2D eigenvalue weighted by Crippen LogP contribution is -2.17. The summed E-state index contributed by atoms with van der Waals surface area (Å²) in [4.78, 5) is 9.67. The second-order valence-corrected chi connectivity index (χ2v) is 7.24. The van der Waals surface area contributed by atoms with Crippen molar-refractivity contribution in [3.63, 3.8) is 0 Å². The molecule has 0 atom stereocenters. The molecule has 4 heteroatoms. The average Bonchev–Trinajstić information content (AvgIpc) is 2.47. The van der Waals surface area contributed by atoms with Gasteiger partial charge in [-0.3, -0.25) is 0 Å². The Morgan fingerprint density at radius 1 is 1.20 bits per heavy atom. The summed E-state index contributed by atoms with van der Waals surface area (Å²) in [7, 11) is 1.95. The summed E-state index contributed by atoms with van der Waals surface area (Å²) in [6.07, 6.45) is 6.49. The summed E-state index contributed by atoms with van der Waals surface area (Å²) < 4.78 is 1.17. The highest BCUT2D eigenvalue weighted by Gasteiger charge is 2.25. The van der Waals surface area contributed by atoms with E-state index in [-0.39, 0.29) is 0 Å². The molecule has 1 aliphatic carbocycles. The van der Waals surface area contributed by atoms with E-state index in [9.17, 15) is 0 Å². The topological polar surface area (TPSA) is 37.8 Å². The first-order valence-corrected chi connectivity index (χ1v) is 8.89. The molecule has 1 aliphatic rings. The molecule has 1 heterocycles. The van der Waals surface area contributed by atoms with E-state index >= 15 is 0 Å². The van der Waals surface area contributed by atoms with Crippen LogP contribution in [0.3, 0.4) is 0 Å². The molecule has 0 bridgehead atoms. The van der Waals surface area contributed by atoms with Crippen LogP contribution in [0.1, 0.15) is 76.2 Å². The molecule has 1 fully saturated rings. The lowest BCUT2D eigenvalue weighted by molar-refractivity contribution is 0.312. The largest absolute Gasteiger partial charge is 0.372 e. The van der Waals surface area contributed by atoms with Crippen LogP contribution in [0.25, 0.3) is 0 Å². The molecule has 1 saturated carbocycles. The minimum Gasteiger partial charge on any atom is -0.372 e. The van der Waals surface area contributed by atoms with Gasteiger partial charge in [0.2, 0.25) is 0 Å². The molecule has 0 aliphatic heterocycles. The van der Waals surface area contributed by atoms with Crippen LogP contribution in [0.4, 0.5) is 5.82 Å². The molecular formula is C16H26IN3. The number of halogens is 1. The van der Waals surface area contributed by atoms with Crippen molar-refractivity contribution in [3.05, 3.63) is 15.1 Å². The van der Waals surface area contributed by atoms with Crippen molar-refractivity contribution in [3.8, 4) is 0 Å². The molecule has 1 aromatic heterocycles. The van der Waals surface area contributed by atoms with Gasteiger partial charge in [-0.1, -0.05) is 27.2 Å². The summed E-state index contributed by atoms with van der Waals surface area (Å²) in [5.41, 5.74) is 1.19. The first-order valence-electron chi connectivity index (χ1n) is 7.81. The highest BCUT2D eigenvalue weighted by Crippen LogP contribution is 2.37. The Labute approximate surface area is 136 Å². The van der Waals surface area contributed by atoms with Gasteiger partial charge in [0.15, 0.2) is 0 Å². The van der Waals surface area contributed by atoms with Crippen LogP contribution in [0.15, 0.2) is 0 Å². The van der Waals surface area contributed by atoms with Gasteiger partial charge in [-0.05, 0) is 60.1 Å². The van der Waals surface area contributed by atoms with Crippen molar-refractivity contribution >= 4 is 28.4 Å². The van der Waals surface area contributed by atoms with Crippen LogP contribution in [0.2, 0.25) is 0 Å². The SMILES string of the molecule is CCC1CCC(c2nc(NC)c(I)c(C(C)C)n2)CC1. The van der Waals surface area contributed by atoms with E-state index in [0.717, 1.165) is 17.6 Å². The second-order valence-electron chi connectivity index (χ2n) is 6.16. The normalized spacial score (nSPS) is 23.1. The Kier molecular flexibility index (Phi) is 5.64. The van der Waals surface area contributed by atoms with Crippen LogP contribution in [0.5, 0.6) is 0 Å². The third-order valence-electron chi connectivity index (χ3n) is 4.47. The van der Waals surface area contributed by atoms with E-state index in [1.54, 1.807) is 0 Å². The maximum atomic E-state index is 4.90. The van der Waals surface area contributed by atoms with Crippen molar-refractivity contribution < 1.29 is 0 Å². The highest BCUT2D eigenvalue weighted by atomic mass is 127. The molecule has 0 amide bonds. The van der Waals surface area contributed by atoms with E-state index in [1.807, 2.05) is 7.05 Å². The fourth-order valence-corrected chi connectivity index (χ4v) is 4.18. The number of hydrogen-bond acceptors (Lipinski definition) is 3. The smallest absolute Gasteiger partial charge is 0.143 e. The van der Waals surface area contributed by atoms with Gasteiger partial charge in [-0.15, -0.1) is 0 Å². The zero-order chi connectivity index (χ0) is 14.7. The first-order chi connectivity index (χ1) is 9.56. The van der Waals surface area contributed by atoms with Crippen molar-refractivity contribution in [1.29, 1.82) is 0 Å². The van der Waals surface area contributed by atoms with Crippen molar-refractivity contribution in [2.75, 3.05) is 12.4 Å². The fraction of sp³-hybridized carbons (Fsp3) is 0.750. The van der Waals surface area contributed by atoms with Crippen LogP contribution in [0, 0.1) is 9.49 Å². The lowest BCUT2D eigenvalue weighted by atomic mass is 9.80. The Morgan fingerprint density at radius 3 is 2.35 bits per heavy atom. The summed E-state index contributed by atoms with van der Waals surface area (Å²) >= 11 is 2.37. The Hall–Kier alpha value is -0.390. The maximum absolute atomic E-state index is 4.90. The molecule has 1 aromatic rings. The first kappa shape index (κ1) is 16.0. The van der Waals surface area contributed by atoms with Gasteiger partial charge in [0, 0.05) is 13.0 Å². The lowest BCUT2D eigenvalue weighted by Gasteiger charge is -2.27. The average molecular weight is 387 g/mol. The van der Waals surface area contributed by atoms with Gasteiger partial charge in [0.1, 0.15) is 11.6 Å². The van der Waals surface area contributed by atoms with E-state index in [0.29, 0.717) is 11.8 Å². The molecule has 0 radical (unpaired) electrons. The van der Waals surface area contributed by atoms with Crippen LogP contribution < -0.4 is 5.32 Å². The standard InChI is InChI=1S/C16H26IN3/c1-5-11-6-8-12(9-7-11)15-19-14(10(2)3)13(17)16(18-4)20-15/h10-12H,5-9H2,1-4H3,(H,18,19,20). The van der Waals surface area contributed by atoms with Gasteiger partial charge < -0.3 is 5.32 Å². The molecule has 20 heavy (non-hydrogen) atoms. The number of aromatic nitrogens is 2. The Bertz CT molecular complexity index is 451. The van der Waals surface area contributed by atoms with Crippen LogP contribution in [-0.2, 0) is 0 Å². The predicted molar refractivity (Wildman–Crippen MR) is 93.4 cm³/mol. The van der Waals surface area contributed by atoms with Crippen molar-refractivity contribution in [2.24, 2.45) is 5.92 Å². The maximum Gasteiger partial charge on any atom is 0.143 e. The summed E-state index contributed by atoms with van der Waals surface area (Å²) in [6.45, 7) is 6.73. The quantitative estimate of drug-likeness (QED) is 0.745. The van der Waals surface area contributed by atoms with Gasteiger partial charge >= 0.3 is 0 Å². The molecule has 1 N–H and O–H groups in total. The molecule has 3 nitrogen and oxygen atoms in total. The minimum absolute atomic E-state index is 0.447. The molecule has 0 aromatic carbocycles. The van der Waals surface area contributed by atoms with Gasteiger partial charge in [-0.25, -0.2) is 9.97 Å². The Morgan fingerprint density at radius 2 is 1.85 bits per heavy atom. The fourth-order valence-electron chi connectivity index (χ4n) is 3.04. The Balaban J connectivity index is 2.26. The number of anilines is 1. The zero-order valence-corrected chi connectivity index (χ0v) is 15.2. The second kappa shape index (κ2) is 7.05. The third kappa shape index (κ3) is 3.43. The molecular weight excluding hydrogens is 361 g/mol. The van der Waals surface area contributed by atoms with Crippen LogP contribution >= 0.6 is 22.6 Å². The minimum atomic E-state index is 0.447. The van der Waals surface area contributed by atoms with E-state index in [2.05, 4.69) is 48.7 Å². The predicted octanol–water partition coefficient (Wildman–Crippen LogP) is 4.93. The zero-order valence-electron chi connectivity index (χ0n) is 13.0. The summed E-state index contributed by atoms with van der Waals surface area (Å²) in [5, 5.41) is 3.23. The number of hydrogen-bond donors (Lipinski definition) is 1. The summed E-state index contributed by atoms with van der Waals surface area (Å²) in [6, 6.07) is 0. The molecule has 2 rings (SSSR count). The van der Waals surface area contributed by atoms with E-state index < -0.39 is 0 Å². The molecule has 0 unspecified atom stereocenters. The number of nitrogens with zero attached hydrogens (tertiary/aromatic N) is 2. The van der Waals surface area contributed by atoms with Gasteiger partial charge in [-0.2, -0.15) is 0 Å².